The van der Waals surface area contributed by atoms with Crippen molar-refractivity contribution >= 4 is 153 Å². The number of hydrogen-bond donors (Lipinski definition) is 8. The number of halogens is 9. The number of carbonyl (C=O) groups excluding carboxylic acids is 2. The Morgan fingerprint density at radius 1 is 0.559 bits per heavy atom. The molecule has 0 heterocycles. The molecule has 0 aromatic heterocycles. The second-order valence-corrected chi connectivity index (χ2v) is 28.7. The Morgan fingerprint density at radius 2 is 0.968 bits per heavy atom. The Labute approximate surface area is 638 Å². The van der Waals surface area contributed by atoms with Crippen LogP contribution in [0, 0.1) is 11.6 Å². The van der Waals surface area contributed by atoms with Crippen LogP contribution < -0.4 is 89.9 Å². The van der Waals surface area contributed by atoms with Crippen molar-refractivity contribution in [2.45, 2.75) is 130 Å². The van der Waals surface area contributed by atoms with Crippen LogP contribution in [0.1, 0.15) is 130 Å². The van der Waals surface area contributed by atoms with Crippen LogP contribution in [0.15, 0.2) is 172 Å². The first-order valence-electron chi connectivity index (χ1n) is 29.0. The van der Waals surface area contributed by atoms with Gasteiger partial charge in [-0.3, -0.25) is 9.59 Å². The fourth-order valence-electron chi connectivity index (χ4n) is 7.52. The van der Waals surface area contributed by atoms with Gasteiger partial charge in [-0.25, -0.2) is 8.78 Å². The molecule has 0 atom stereocenters. The number of nitrogen functional groups attached to an aromatic ring is 4. The van der Waals surface area contributed by atoms with Gasteiger partial charge in [-0.05, 0) is 166 Å². The van der Waals surface area contributed by atoms with Crippen LogP contribution in [-0.2, 0) is 25.8 Å². The molecule has 500 valence electrons. The number of nitrogens with two attached hydrogens (primary N) is 4. The summed E-state index contributed by atoms with van der Waals surface area (Å²) in [5.74, 6) is 0.221. The minimum atomic E-state index is -1.04. The van der Waals surface area contributed by atoms with Gasteiger partial charge in [0.2, 0.25) is 11.8 Å². The van der Waals surface area contributed by atoms with Gasteiger partial charge in [-0.2, -0.15) is 0 Å². The number of rotatable bonds is 9. The third kappa shape index (κ3) is 36.2. The summed E-state index contributed by atoms with van der Waals surface area (Å²) in [5, 5.41) is 24.4. The molecular formula is C70H88BBr3Cl4F2KN7O5. The summed E-state index contributed by atoms with van der Waals surface area (Å²) in [4.78, 5) is 23.7. The van der Waals surface area contributed by atoms with Crippen molar-refractivity contribution < 1.29 is 85.3 Å². The van der Waals surface area contributed by atoms with E-state index in [0.29, 0.717) is 61.6 Å². The van der Waals surface area contributed by atoms with Gasteiger partial charge in [0, 0.05) is 46.0 Å². The van der Waals surface area contributed by atoms with E-state index in [-0.39, 0.29) is 108 Å². The number of nitrogens with zero attached hydrogens (tertiary/aromatic N) is 1. The molecule has 13 N–H and O–H groups in total. The average molecular weight is 1580 g/mol. The molecule has 0 aliphatic heterocycles. The summed E-state index contributed by atoms with van der Waals surface area (Å²) in [6.45, 7) is 30.7. The van der Waals surface area contributed by atoms with Crippen LogP contribution in [-0.4, -0.2) is 47.5 Å². The van der Waals surface area contributed by atoms with Crippen molar-refractivity contribution in [1.29, 1.82) is 0 Å². The van der Waals surface area contributed by atoms with Gasteiger partial charge in [0.1, 0.15) is 11.6 Å². The zero-order valence-corrected chi connectivity index (χ0v) is 66.0. The summed E-state index contributed by atoms with van der Waals surface area (Å²) < 4.78 is 28.5. The van der Waals surface area contributed by atoms with Crippen molar-refractivity contribution in [3.8, 4) is 0 Å². The number of hydrogen-bond acceptors (Lipinski definition) is 10. The standard InChI is InChI=1S/C12H13BrFN.C12H16ClNO.C12H17NO.C10H14ClN.C9H10ClN.C6H5BrClN.C6H5BrFN.C3H7BO2.K.H2O/c1-3-7-15(8-4-2)12-9-10(13)5-6-11(12)14;1-8(15)14-11-7-9(12(2,3)4)5-6-10(11)13;1-9(14)13-11-7-5-6-10(8-11)12(2,3)4;1-10(2,3)7-4-5-8(11)9(12)6-7;10-8-4-3-7(5-9(8)11)6-1-2-6;2*7-4-1-2-5(8)6(9)3-4;5-4(6)3-1-2-3;;/h3-6,9H,1-2,7-8H2;5-7H,1-4H3,(H,14,15);5-8H,1-4H3,(H,13,14);4-6H,12H2,1-3H3;3-6H,1-2,11H2;2*1-3H,9H2;3,5-6H,1-2H2;;1H2/q;;;;;;;;+1;/p-1. The largest absolute Gasteiger partial charge is 1.00 e. The molecule has 7 aromatic rings. The summed E-state index contributed by atoms with van der Waals surface area (Å²) in [6.07, 6.45) is 8.09. The zero-order chi connectivity index (χ0) is 69.1. The number of carbonyl (C=O) groups is 2. The van der Waals surface area contributed by atoms with Crippen LogP contribution in [0.3, 0.4) is 0 Å². The second-order valence-electron chi connectivity index (χ2n) is 24.3. The molecule has 93 heavy (non-hydrogen) atoms. The molecule has 9 rings (SSSR count). The summed E-state index contributed by atoms with van der Waals surface area (Å²) in [7, 11) is -1.04. The predicted molar refractivity (Wildman–Crippen MR) is 400 cm³/mol. The fourth-order valence-corrected chi connectivity index (χ4v) is 9.15. The molecule has 23 heteroatoms. The molecular weight excluding hydrogens is 1490 g/mol. The van der Waals surface area contributed by atoms with Crippen molar-refractivity contribution in [2.75, 3.05) is 51.6 Å². The van der Waals surface area contributed by atoms with Crippen LogP contribution >= 0.6 is 94.2 Å². The van der Waals surface area contributed by atoms with Gasteiger partial charge < -0.3 is 54.0 Å². The molecule has 2 fully saturated rings. The molecule has 2 saturated carbocycles. The summed E-state index contributed by atoms with van der Waals surface area (Å²) in [6, 6.07) is 40.1. The molecule has 0 saturated heterocycles. The quantitative estimate of drug-likeness (QED) is 0.0387. The fraction of sp³-hybridized carbons (Fsp3) is 0.314. The van der Waals surface area contributed by atoms with E-state index in [2.05, 4.69) is 146 Å². The summed E-state index contributed by atoms with van der Waals surface area (Å²) in [5.41, 5.74) is 31.5. The SMILES string of the molecule is C=CCN(CC=C)c1cc(Br)ccc1F.CC(=O)Nc1cc(C(C)(C)C)ccc1Cl.CC(=O)Nc1cccc(C(C)(C)C)c1.CC(C)(C)c1ccc(Cl)c(N)c1.Nc1cc(Br)ccc1Cl.Nc1cc(Br)ccc1F.Nc1cc(C2CC2)ccc1Cl.OB(O)C1CC1.[K+].[OH-]. The minimum absolute atomic E-state index is 0. The maximum atomic E-state index is 13.5. The van der Waals surface area contributed by atoms with Crippen molar-refractivity contribution in [1.82, 2.24) is 0 Å². The first kappa shape index (κ1) is 89.0. The maximum absolute atomic E-state index is 13.5. The van der Waals surface area contributed by atoms with Crippen LogP contribution in [0.5, 0.6) is 0 Å². The number of anilines is 7. The van der Waals surface area contributed by atoms with Crippen molar-refractivity contribution in [3.63, 3.8) is 0 Å². The molecule has 2 aliphatic rings. The number of benzene rings is 7. The van der Waals surface area contributed by atoms with Crippen LogP contribution in [0.25, 0.3) is 0 Å². The zero-order valence-electron chi connectivity index (χ0n) is 55.1. The second kappa shape index (κ2) is 43.3. The van der Waals surface area contributed by atoms with E-state index in [9.17, 15) is 18.4 Å². The molecule has 2 aliphatic carbocycles. The minimum Gasteiger partial charge on any atom is -0.870 e. The van der Waals surface area contributed by atoms with Crippen molar-refractivity contribution in [2.24, 2.45) is 0 Å². The van der Waals surface area contributed by atoms with E-state index >= 15 is 0 Å². The van der Waals surface area contributed by atoms with Gasteiger partial charge in [0.05, 0.1) is 54.2 Å². The van der Waals surface area contributed by atoms with Gasteiger partial charge in [-0.1, -0.05) is 212 Å². The predicted octanol–water partition coefficient (Wildman–Crippen LogP) is 17.6. The van der Waals surface area contributed by atoms with E-state index in [1.807, 2.05) is 77.7 Å². The topological polar surface area (TPSA) is 236 Å². The van der Waals surface area contributed by atoms with E-state index in [1.54, 1.807) is 42.5 Å². The van der Waals surface area contributed by atoms with E-state index in [1.165, 1.54) is 61.6 Å². The number of nitrogens with one attached hydrogen (secondary N) is 2. The smallest absolute Gasteiger partial charge is 0.870 e. The molecule has 12 nitrogen and oxygen atoms in total. The molecule has 0 unspecified atom stereocenters. The van der Waals surface area contributed by atoms with E-state index in [4.69, 9.17) is 79.4 Å². The Kier molecular flexibility index (Phi) is 41.5. The van der Waals surface area contributed by atoms with Gasteiger partial charge in [0.25, 0.3) is 0 Å². The Balaban J connectivity index is 0.00000105. The normalized spacial score (nSPS) is 11.8. The molecule has 0 radical (unpaired) electrons. The van der Waals surface area contributed by atoms with E-state index < -0.39 is 7.12 Å². The van der Waals surface area contributed by atoms with Gasteiger partial charge in [-0.15, -0.1) is 13.2 Å². The Bertz CT molecular complexity index is 3440. The molecule has 0 bridgehead atoms. The first-order valence-corrected chi connectivity index (χ1v) is 32.9. The molecule has 7 aromatic carbocycles. The monoisotopic (exact) mass is 1570 g/mol. The Hall–Kier alpha value is -4.00. The van der Waals surface area contributed by atoms with Gasteiger partial charge in [0.15, 0.2) is 0 Å². The van der Waals surface area contributed by atoms with E-state index in [0.717, 1.165) is 43.4 Å². The average Bonchev–Trinajstić information content (AvgIpc) is 1.88. The van der Waals surface area contributed by atoms with Gasteiger partial charge >= 0.3 is 58.5 Å². The first-order chi connectivity index (χ1) is 42.3. The third-order valence-corrected chi connectivity index (χ3v) is 15.9. The third-order valence-electron chi connectivity index (χ3n) is 13.0. The summed E-state index contributed by atoms with van der Waals surface area (Å²) >= 11 is 32.9. The van der Waals surface area contributed by atoms with Crippen LogP contribution in [0.4, 0.5) is 48.6 Å². The number of amides is 2. The maximum Gasteiger partial charge on any atom is 1.00 e. The Morgan fingerprint density at radius 3 is 1.35 bits per heavy atom. The van der Waals surface area contributed by atoms with Crippen molar-refractivity contribution in [3.05, 3.63) is 226 Å². The molecule has 2 amide bonds. The molecule has 0 spiro atoms. The van der Waals surface area contributed by atoms with Crippen LogP contribution in [0.2, 0.25) is 25.9 Å².